The summed E-state index contributed by atoms with van der Waals surface area (Å²) in [4.78, 5) is 21.9. The third-order valence-electron chi connectivity index (χ3n) is 5.29. The SMILES string of the molecule is CC(C)c1ccccc1NC(=O)C(C)N1CCN(Cc2ccccn2)CC1. The van der Waals surface area contributed by atoms with Crippen molar-refractivity contribution in [3.8, 4) is 0 Å². The van der Waals surface area contributed by atoms with E-state index in [0.717, 1.165) is 44.1 Å². The van der Waals surface area contributed by atoms with Gasteiger partial charge in [-0.3, -0.25) is 19.6 Å². The normalized spacial score (nSPS) is 17.0. The summed E-state index contributed by atoms with van der Waals surface area (Å²) in [5.74, 6) is 0.452. The van der Waals surface area contributed by atoms with E-state index in [1.807, 2.05) is 43.5 Å². The van der Waals surface area contributed by atoms with Gasteiger partial charge in [-0.25, -0.2) is 0 Å². The molecule has 27 heavy (non-hydrogen) atoms. The van der Waals surface area contributed by atoms with E-state index in [9.17, 15) is 4.79 Å². The lowest BCUT2D eigenvalue weighted by molar-refractivity contribution is -0.121. The summed E-state index contributed by atoms with van der Waals surface area (Å²) in [7, 11) is 0. The maximum absolute atomic E-state index is 12.8. The Hall–Kier alpha value is -2.24. The molecule has 0 aliphatic carbocycles. The molecule has 1 atom stereocenters. The second-order valence-electron chi connectivity index (χ2n) is 7.54. The summed E-state index contributed by atoms with van der Waals surface area (Å²) < 4.78 is 0. The molecule has 2 heterocycles. The van der Waals surface area contributed by atoms with Crippen LogP contribution in [0.1, 0.15) is 37.9 Å². The van der Waals surface area contributed by atoms with Crippen LogP contribution >= 0.6 is 0 Å². The number of anilines is 1. The van der Waals surface area contributed by atoms with Gasteiger partial charge in [0.2, 0.25) is 5.91 Å². The van der Waals surface area contributed by atoms with Gasteiger partial charge in [0.1, 0.15) is 0 Å². The molecule has 1 fully saturated rings. The number of piperazine rings is 1. The highest BCUT2D eigenvalue weighted by molar-refractivity contribution is 5.95. The molecule has 1 aromatic carbocycles. The number of hydrogen-bond acceptors (Lipinski definition) is 4. The third-order valence-corrected chi connectivity index (χ3v) is 5.29. The molecule has 1 aliphatic heterocycles. The fraction of sp³-hybridized carbons (Fsp3) is 0.455. The number of hydrogen-bond donors (Lipinski definition) is 1. The van der Waals surface area contributed by atoms with Crippen LogP contribution in [-0.2, 0) is 11.3 Å². The van der Waals surface area contributed by atoms with Crippen LogP contribution in [0.15, 0.2) is 48.7 Å². The molecular formula is C22H30N4O. The number of amides is 1. The predicted molar refractivity (Wildman–Crippen MR) is 110 cm³/mol. The molecular weight excluding hydrogens is 336 g/mol. The molecule has 0 bridgehead atoms. The maximum atomic E-state index is 12.8. The van der Waals surface area contributed by atoms with Crippen molar-refractivity contribution in [1.29, 1.82) is 0 Å². The number of carbonyl (C=O) groups excluding carboxylic acids is 1. The van der Waals surface area contributed by atoms with E-state index in [2.05, 4.69) is 46.1 Å². The highest BCUT2D eigenvalue weighted by Crippen LogP contribution is 2.24. The first-order chi connectivity index (χ1) is 13.0. The second-order valence-corrected chi connectivity index (χ2v) is 7.54. The molecule has 0 radical (unpaired) electrons. The van der Waals surface area contributed by atoms with Gasteiger partial charge >= 0.3 is 0 Å². The van der Waals surface area contributed by atoms with Crippen molar-refractivity contribution in [3.05, 3.63) is 59.9 Å². The van der Waals surface area contributed by atoms with Gasteiger partial charge in [-0.2, -0.15) is 0 Å². The van der Waals surface area contributed by atoms with Crippen molar-refractivity contribution in [2.45, 2.75) is 39.3 Å². The molecule has 1 amide bonds. The Bertz CT molecular complexity index is 739. The number of rotatable bonds is 6. The fourth-order valence-electron chi connectivity index (χ4n) is 3.55. The van der Waals surface area contributed by atoms with Crippen LogP contribution in [0.4, 0.5) is 5.69 Å². The van der Waals surface area contributed by atoms with E-state index >= 15 is 0 Å². The summed E-state index contributed by atoms with van der Waals surface area (Å²) >= 11 is 0. The minimum atomic E-state index is -0.137. The van der Waals surface area contributed by atoms with Gasteiger partial charge in [0.05, 0.1) is 11.7 Å². The summed E-state index contributed by atoms with van der Waals surface area (Å²) in [5, 5.41) is 3.14. The number of pyridine rings is 1. The number of aromatic nitrogens is 1. The van der Waals surface area contributed by atoms with Gasteiger partial charge in [0.15, 0.2) is 0 Å². The standard InChI is InChI=1S/C22H30N4O/c1-17(2)20-9-4-5-10-21(20)24-22(27)18(3)26-14-12-25(13-15-26)16-19-8-6-7-11-23-19/h4-11,17-18H,12-16H2,1-3H3,(H,24,27). The molecule has 1 aliphatic rings. The van der Waals surface area contributed by atoms with Crippen LogP contribution in [0, 0.1) is 0 Å². The van der Waals surface area contributed by atoms with Crippen LogP contribution in [0.25, 0.3) is 0 Å². The molecule has 1 N–H and O–H groups in total. The minimum absolute atomic E-state index is 0.0706. The average Bonchev–Trinajstić information content (AvgIpc) is 2.69. The van der Waals surface area contributed by atoms with Crippen LogP contribution in [0.3, 0.4) is 0 Å². The van der Waals surface area contributed by atoms with Crippen molar-refractivity contribution in [2.75, 3.05) is 31.5 Å². The number of para-hydroxylation sites is 1. The molecule has 1 aromatic heterocycles. The van der Waals surface area contributed by atoms with Gasteiger partial charge in [-0.05, 0) is 36.6 Å². The summed E-state index contributed by atoms with van der Waals surface area (Å²) in [6, 6.07) is 14.0. The van der Waals surface area contributed by atoms with Crippen LogP contribution in [0.2, 0.25) is 0 Å². The zero-order valence-electron chi connectivity index (χ0n) is 16.6. The zero-order valence-corrected chi connectivity index (χ0v) is 16.6. The number of benzene rings is 1. The molecule has 1 saturated heterocycles. The Labute approximate surface area is 162 Å². The Morgan fingerprint density at radius 3 is 2.41 bits per heavy atom. The topological polar surface area (TPSA) is 48.5 Å². The second kappa shape index (κ2) is 9.11. The van der Waals surface area contributed by atoms with E-state index in [1.165, 1.54) is 5.56 Å². The quantitative estimate of drug-likeness (QED) is 0.852. The molecule has 3 rings (SSSR count). The van der Waals surface area contributed by atoms with E-state index in [1.54, 1.807) is 0 Å². The fourth-order valence-corrected chi connectivity index (χ4v) is 3.55. The van der Waals surface area contributed by atoms with Gasteiger partial charge < -0.3 is 5.32 Å². The molecule has 5 heteroatoms. The van der Waals surface area contributed by atoms with Crippen LogP contribution < -0.4 is 5.32 Å². The molecule has 5 nitrogen and oxygen atoms in total. The van der Waals surface area contributed by atoms with E-state index in [0.29, 0.717) is 5.92 Å². The van der Waals surface area contributed by atoms with Gasteiger partial charge in [0.25, 0.3) is 0 Å². The smallest absolute Gasteiger partial charge is 0.241 e. The number of nitrogens with one attached hydrogen (secondary N) is 1. The van der Waals surface area contributed by atoms with Crippen molar-refractivity contribution in [3.63, 3.8) is 0 Å². The molecule has 0 saturated carbocycles. The lowest BCUT2D eigenvalue weighted by atomic mass is 10.0. The first-order valence-electron chi connectivity index (χ1n) is 9.80. The van der Waals surface area contributed by atoms with Crippen molar-refractivity contribution >= 4 is 11.6 Å². The predicted octanol–water partition coefficient (Wildman–Crippen LogP) is 3.35. The van der Waals surface area contributed by atoms with Crippen molar-refractivity contribution in [2.24, 2.45) is 0 Å². The molecule has 0 spiro atoms. The zero-order chi connectivity index (χ0) is 19.2. The van der Waals surface area contributed by atoms with Crippen molar-refractivity contribution < 1.29 is 4.79 Å². The first-order valence-corrected chi connectivity index (χ1v) is 9.80. The average molecular weight is 367 g/mol. The van der Waals surface area contributed by atoms with Gasteiger partial charge in [-0.1, -0.05) is 38.1 Å². The summed E-state index contributed by atoms with van der Waals surface area (Å²) in [6.45, 7) is 10.9. The lowest BCUT2D eigenvalue weighted by Gasteiger charge is -2.37. The largest absolute Gasteiger partial charge is 0.324 e. The lowest BCUT2D eigenvalue weighted by Crippen LogP contribution is -2.52. The minimum Gasteiger partial charge on any atom is -0.324 e. The van der Waals surface area contributed by atoms with Crippen LogP contribution in [-0.4, -0.2) is 52.9 Å². The summed E-state index contributed by atoms with van der Waals surface area (Å²) in [5.41, 5.74) is 3.21. The van der Waals surface area contributed by atoms with Crippen molar-refractivity contribution in [1.82, 2.24) is 14.8 Å². The van der Waals surface area contributed by atoms with Gasteiger partial charge in [-0.15, -0.1) is 0 Å². The van der Waals surface area contributed by atoms with Gasteiger partial charge in [0, 0.05) is 44.6 Å². The Morgan fingerprint density at radius 1 is 1.04 bits per heavy atom. The Balaban J connectivity index is 1.53. The molecule has 144 valence electrons. The molecule has 1 unspecified atom stereocenters. The highest BCUT2D eigenvalue weighted by atomic mass is 16.2. The van der Waals surface area contributed by atoms with E-state index in [-0.39, 0.29) is 11.9 Å². The first kappa shape index (κ1) is 19.5. The highest BCUT2D eigenvalue weighted by Gasteiger charge is 2.26. The third kappa shape index (κ3) is 5.15. The maximum Gasteiger partial charge on any atom is 0.241 e. The summed E-state index contributed by atoms with van der Waals surface area (Å²) in [6.07, 6.45) is 1.84. The Kier molecular flexibility index (Phi) is 6.58. The Morgan fingerprint density at radius 2 is 1.74 bits per heavy atom. The monoisotopic (exact) mass is 366 g/mol. The van der Waals surface area contributed by atoms with E-state index in [4.69, 9.17) is 0 Å². The number of carbonyl (C=O) groups is 1. The van der Waals surface area contributed by atoms with E-state index < -0.39 is 0 Å². The number of nitrogens with zero attached hydrogens (tertiary/aromatic N) is 3. The van der Waals surface area contributed by atoms with Crippen LogP contribution in [0.5, 0.6) is 0 Å². The molecule has 2 aromatic rings.